The molecule has 2 aromatic carbocycles. The molecule has 1 atom stereocenters. The number of esters is 1. The lowest BCUT2D eigenvalue weighted by Gasteiger charge is -2.20. The first-order chi connectivity index (χ1) is 14.3. The SMILES string of the molecule is C[C@H](CC(=O)OC(C)(C)C)Cn1nnc(-c2cccc(OCc3ccccc3)c2)n1. The lowest BCUT2D eigenvalue weighted by atomic mass is 10.1. The molecule has 0 bridgehead atoms. The second-order valence-corrected chi connectivity index (χ2v) is 8.37. The minimum Gasteiger partial charge on any atom is -0.489 e. The first kappa shape index (κ1) is 21.5. The second kappa shape index (κ2) is 9.52. The highest BCUT2D eigenvalue weighted by atomic mass is 16.6. The van der Waals surface area contributed by atoms with E-state index in [4.69, 9.17) is 9.47 Å². The van der Waals surface area contributed by atoms with E-state index in [0.29, 0.717) is 25.4 Å². The number of nitrogens with zero attached hydrogens (tertiary/aromatic N) is 4. The molecule has 0 saturated carbocycles. The third-order valence-corrected chi connectivity index (χ3v) is 4.20. The average molecular weight is 409 g/mol. The van der Waals surface area contributed by atoms with Gasteiger partial charge in [-0.1, -0.05) is 49.4 Å². The van der Waals surface area contributed by atoms with E-state index in [1.807, 2.05) is 82.3 Å². The van der Waals surface area contributed by atoms with Crippen LogP contribution >= 0.6 is 0 Å². The lowest BCUT2D eigenvalue weighted by Crippen LogP contribution is -2.25. The molecular weight excluding hydrogens is 380 g/mol. The first-order valence-electron chi connectivity index (χ1n) is 10.1. The summed E-state index contributed by atoms with van der Waals surface area (Å²) in [6, 6.07) is 17.6. The van der Waals surface area contributed by atoms with Crippen LogP contribution < -0.4 is 4.74 Å². The monoisotopic (exact) mass is 408 g/mol. The number of tetrazole rings is 1. The Kier molecular flexibility index (Phi) is 6.82. The molecule has 3 rings (SSSR count). The molecule has 0 amide bonds. The van der Waals surface area contributed by atoms with Crippen LogP contribution in [0.3, 0.4) is 0 Å². The van der Waals surface area contributed by atoms with Gasteiger partial charge in [-0.3, -0.25) is 4.79 Å². The molecule has 7 nitrogen and oxygen atoms in total. The maximum Gasteiger partial charge on any atom is 0.306 e. The highest BCUT2D eigenvalue weighted by Gasteiger charge is 2.19. The maximum absolute atomic E-state index is 12.0. The van der Waals surface area contributed by atoms with Crippen LogP contribution in [0.2, 0.25) is 0 Å². The largest absolute Gasteiger partial charge is 0.489 e. The number of hydrogen-bond acceptors (Lipinski definition) is 6. The molecule has 30 heavy (non-hydrogen) atoms. The van der Waals surface area contributed by atoms with Crippen LogP contribution in [-0.4, -0.2) is 31.8 Å². The Hall–Kier alpha value is -3.22. The number of carbonyl (C=O) groups excluding carboxylic acids is 1. The summed E-state index contributed by atoms with van der Waals surface area (Å²) in [7, 11) is 0. The summed E-state index contributed by atoms with van der Waals surface area (Å²) in [5, 5.41) is 12.7. The van der Waals surface area contributed by atoms with Crippen LogP contribution in [0.1, 0.15) is 39.7 Å². The van der Waals surface area contributed by atoms with Gasteiger partial charge >= 0.3 is 5.97 Å². The molecule has 1 aromatic heterocycles. The van der Waals surface area contributed by atoms with Crippen LogP contribution in [0.4, 0.5) is 0 Å². The molecule has 0 unspecified atom stereocenters. The molecule has 0 spiro atoms. The lowest BCUT2D eigenvalue weighted by molar-refractivity contribution is -0.155. The van der Waals surface area contributed by atoms with Gasteiger partial charge in [0.15, 0.2) is 0 Å². The van der Waals surface area contributed by atoms with E-state index in [1.165, 1.54) is 4.80 Å². The fraction of sp³-hybridized carbons (Fsp3) is 0.391. The molecule has 0 saturated heterocycles. The molecule has 1 heterocycles. The summed E-state index contributed by atoms with van der Waals surface area (Å²) in [5.41, 5.74) is 1.45. The van der Waals surface area contributed by atoms with Crippen molar-refractivity contribution in [3.63, 3.8) is 0 Å². The smallest absolute Gasteiger partial charge is 0.306 e. The number of hydrogen-bond donors (Lipinski definition) is 0. The average Bonchev–Trinajstić information content (AvgIpc) is 3.14. The minimum absolute atomic E-state index is 0.0300. The quantitative estimate of drug-likeness (QED) is 0.518. The topological polar surface area (TPSA) is 79.1 Å². The zero-order valence-corrected chi connectivity index (χ0v) is 17.9. The fourth-order valence-electron chi connectivity index (χ4n) is 2.91. The molecule has 0 fully saturated rings. The molecule has 158 valence electrons. The molecule has 0 aliphatic carbocycles. The van der Waals surface area contributed by atoms with Crippen molar-refractivity contribution < 1.29 is 14.3 Å². The Bertz CT molecular complexity index is 964. The number of aromatic nitrogens is 4. The van der Waals surface area contributed by atoms with Gasteiger partial charge in [0.25, 0.3) is 0 Å². The van der Waals surface area contributed by atoms with Crippen LogP contribution in [-0.2, 0) is 22.7 Å². The predicted molar refractivity (Wildman–Crippen MR) is 114 cm³/mol. The van der Waals surface area contributed by atoms with Crippen molar-refractivity contribution in [3.05, 3.63) is 60.2 Å². The summed E-state index contributed by atoms with van der Waals surface area (Å²) in [6.07, 6.45) is 0.303. The first-order valence-corrected chi connectivity index (χ1v) is 10.1. The summed E-state index contributed by atoms with van der Waals surface area (Å²) in [5.74, 6) is 1.07. The van der Waals surface area contributed by atoms with Crippen LogP contribution in [0.15, 0.2) is 54.6 Å². The third kappa shape index (κ3) is 6.69. The van der Waals surface area contributed by atoms with Gasteiger partial charge in [-0.15, -0.1) is 10.2 Å². The second-order valence-electron chi connectivity index (χ2n) is 8.37. The van der Waals surface area contributed by atoms with Crippen molar-refractivity contribution in [3.8, 4) is 17.1 Å². The molecule has 0 aliphatic rings. The van der Waals surface area contributed by atoms with Gasteiger partial charge in [0.2, 0.25) is 5.82 Å². The van der Waals surface area contributed by atoms with Crippen LogP contribution in [0, 0.1) is 5.92 Å². The molecule has 0 radical (unpaired) electrons. The van der Waals surface area contributed by atoms with Gasteiger partial charge in [-0.25, -0.2) is 0 Å². The Morgan fingerprint density at radius 1 is 1.10 bits per heavy atom. The van der Waals surface area contributed by atoms with E-state index < -0.39 is 5.60 Å². The number of ether oxygens (including phenoxy) is 2. The molecule has 0 aliphatic heterocycles. The van der Waals surface area contributed by atoms with Crippen molar-refractivity contribution in [1.82, 2.24) is 20.2 Å². The van der Waals surface area contributed by atoms with Crippen LogP contribution in [0.25, 0.3) is 11.4 Å². The van der Waals surface area contributed by atoms with Gasteiger partial charge in [-0.2, -0.15) is 4.80 Å². The summed E-state index contributed by atoms with van der Waals surface area (Å²) in [6.45, 7) is 8.52. The summed E-state index contributed by atoms with van der Waals surface area (Å²) < 4.78 is 11.2. The number of carbonyl (C=O) groups is 1. The van der Waals surface area contributed by atoms with Gasteiger partial charge in [0, 0.05) is 12.0 Å². The van der Waals surface area contributed by atoms with Crippen molar-refractivity contribution in [2.45, 2.75) is 52.9 Å². The van der Waals surface area contributed by atoms with Crippen molar-refractivity contribution in [2.75, 3.05) is 0 Å². The Morgan fingerprint density at radius 2 is 1.87 bits per heavy atom. The summed E-state index contributed by atoms with van der Waals surface area (Å²) in [4.78, 5) is 13.5. The van der Waals surface area contributed by atoms with Crippen molar-refractivity contribution >= 4 is 5.97 Å². The third-order valence-electron chi connectivity index (χ3n) is 4.20. The number of rotatable bonds is 8. The van der Waals surface area contributed by atoms with Gasteiger partial charge < -0.3 is 9.47 Å². The molecule has 0 N–H and O–H groups in total. The molecular formula is C23H28N4O3. The highest BCUT2D eigenvalue weighted by Crippen LogP contribution is 2.21. The van der Waals surface area contributed by atoms with Gasteiger partial charge in [-0.05, 0) is 49.6 Å². The predicted octanol–water partition coefficient (Wildman–Crippen LogP) is 4.29. The zero-order valence-electron chi connectivity index (χ0n) is 17.9. The maximum atomic E-state index is 12.0. The molecule has 3 aromatic rings. The zero-order chi connectivity index (χ0) is 21.6. The van der Waals surface area contributed by atoms with E-state index >= 15 is 0 Å². The number of benzene rings is 2. The van der Waals surface area contributed by atoms with Crippen LogP contribution in [0.5, 0.6) is 5.75 Å². The standard InChI is InChI=1S/C23H28N4O3/c1-17(13-21(28)30-23(2,3)4)15-27-25-22(24-26-27)19-11-8-12-20(14-19)29-16-18-9-6-5-7-10-18/h5-12,14,17H,13,15-16H2,1-4H3/t17-/m1/s1. The Balaban J connectivity index is 1.58. The van der Waals surface area contributed by atoms with E-state index in [0.717, 1.165) is 16.9 Å². The Labute approximate surface area is 177 Å². The van der Waals surface area contributed by atoms with Gasteiger partial charge in [0.1, 0.15) is 18.0 Å². The van der Waals surface area contributed by atoms with Crippen molar-refractivity contribution in [1.29, 1.82) is 0 Å². The highest BCUT2D eigenvalue weighted by molar-refractivity contribution is 5.70. The van der Waals surface area contributed by atoms with E-state index in [1.54, 1.807) is 0 Å². The van der Waals surface area contributed by atoms with E-state index in [-0.39, 0.29) is 11.9 Å². The van der Waals surface area contributed by atoms with Gasteiger partial charge in [0.05, 0.1) is 6.54 Å². The minimum atomic E-state index is -0.483. The summed E-state index contributed by atoms with van der Waals surface area (Å²) >= 11 is 0. The molecule has 7 heteroatoms. The van der Waals surface area contributed by atoms with E-state index in [9.17, 15) is 4.79 Å². The normalized spacial score (nSPS) is 12.4. The Morgan fingerprint density at radius 3 is 2.60 bits per heavy atom. The van der Waals surface area contributed by atoms with Crippen molar-refractivity contribution in [2.24, 2.45) is 5.92 Å². The fourth-order valence-corrected chi connectivity index (χ4v) is 2.91. The van der Waals surface area contributed by atoms with E-state index in [2.05, 4.69) is 15.4 Å².